The van der Waals surface area contributed by atoms with E-state index in [0.717, 1.165) is 25.2 Å². The van der Waals surface area contributed by atoms with E-state index in [1.807, 2.05) is 0 Å². The molecule has 1 aromatic heterocycles. The van der Waals surface area contributed by atoms with Crippen molar-refractivity contribution in [1.29, 1.82) is 0 Å². The van der Waals surface area contributed by atoms with Gasteiger partial charge in [0, 0.05) is 23.5 Å². The van der Waals surface area contributed by atoms with Crippen LogP contribution in [0.25, 0.3) is 0 Å². The SMILES string of the molecule is CCC(CC)C(C)n1ccc2c1CCCC2O. The van der Waals surface area contributed by atoms with E-state index in [1.54, 1.807) is 0 Å². The van der Waals surface area contributed by atoms with E-state index >= 15 is 0 Å². The van der Waals surface area contributed by atoms with Crippen LogP contribution in [0.5, 0.6) is 0 Å². The summed E-state index contributed by atoms with van der Waals surface area (Å²) in [5, 5.41) is 10.00. The van der Waals surface area contributed by atoms with Crippen molar-refractivity contribution in [3.8, 4) is 0 Å². The first-order valence-corrected chi connectivity index (χ1v) is 7.06. The molecule has 2 nitrogen and oxygen atoms in total. The summed E-state index contributed by atoms with van der Waals surface area (Å²) in [6.45, 7) is 6.86. The third-order valence-electron chi connectivity index (χ3n) is 4.48. The van der Waals surface area contributed by atoms with E-state index in [4.69, 9.17) is 0 Å². The van der Waals surface area contributed by atoms with Crippen LogP contribution >= 0.6 is 0 Å². The van der Waals surface area contributed by atoms with Gasteiger partial charge in [-0.05, 0) is 38.2 Å². The molecule has 0 amide bonds. The highest BCUT2D eigenvalue weighted by Gasteiger charge is 2.24. The molecular formula is C15H25NO. The summed E-state index contributed by atoms with van der Waals surface area (Å²) in [5.41, 5.74) is 2.55. The summed E-state index contributed by atoms with van der Waals surface area (Å²) in [6, 6.07) is 2.68. The molecule has 2 heteroatoms. The topological polar surface area (TPSA) is 25.2 Å². The fourth-order valence-electron chi connectivity index (χ4n) is 3.27. The number of hydrogen-bond donors (Lipinski definition) is 1. The summed E-state index contributed by atoms with van der Waals surface area (Å²) in [7, 11) is 0. The Morgan fingerprint density at radius 1 is 1.41 bits per heavy atom. The Kier molecular flexibility index (Phi) is 3.93. The lowest BCUT2D eigenvalue weighted by Gasteiger charge is -2.28. The zero-order valence-corrected chi connectivity index (χ0v) is 11.3. The molecule has 1 aliphatic rings. The highest BCUT2D eigenvalue weighted by Crippen LogP contribution is 2.34. The molecule has 0 saturated carbocycles. The minimum Gasteiger partial charge on any atom is -0.388 e. The Morgan fingerprint density at radius 3 is 2.76 bits per heavy atom. The summed E-state index contributed by atoms with van der Waals surface area (Å²) in [5.74, 6) is 0.741. The molecular weight excluding hydrogens is 210 g/mol. The second kappa shape index (κ2) is 5.26. The Hall–Kier alpha value is -0.760. The van der Waals surface area contributed by atoms with Crippen LogP contribution in [0.2, 0.25) is 0 Å². The average Bonchev–Trinajstić information content (AvgIpc) is 2.75. The van der Waals surface area contributed by atoms with Crippen molar-refractivity contribution in [2.45, 2.75) is 65.0 Å². The predicted octanol–water partition coefficient (Wildman–Crippen LogP) is 3.86. The van der Waals surface area contributed by atoms with Crippen LogP contribution in [0, 0.1) is 5.92 Å². The van der Waals surface area contributed by atoms with E-state index in [9.17, 15) is 5.11 Å². The molecule has 0 radical (unpaired) electrons. The third-order valence-corrected chi connectivity index (χ3v) is 4.48. The molecule has 96 valence electrons. The first-order valence-electron chi connectivity index (χ1n) is 7.06. The number of hydrogen-bond acceptors (Lipinski definition) is 1. The summed E-state index contributed by atoms with van der Waals surface area (Å²) >= 11 is 0. The van der Waals surface area contributed by atoms with Crippen molar-refractivity contribution >= 4 is 0 Å². The number of nitrogens with zero attached hydrogens (tertiary/aromatic N) is 1. The van der Waals surface area contributed by atoms with Crippen LogP contribution in [0.1, 0.15) is 69.9 Å². The van der Waals surface area contributed by atoms with E-state index in [2.05, 4.69) is 37.6 Å². The van der Waals surface area contributed by atoms with Crippen molar-refractivity contribution in [1.82, 2.24) is 4.57 Å². The van der Waals surface area contributed by atoms with Gasteiger partial charge in [0.25, 0.3) is 0 Å². The molecule has 0 spiro atoms. The predicted molar refractivity (Wildman–Crippen MR) is 71.1 cm³/mol. The monoisotopic (exact) mass is 235 g/mol. The van der Waals surface area contributed by atoms with Gasteiger partial charge in [0.1, 0.15) is 0 Å². The molecule has 0 bridgehead atoms. The molecule has 2 unspecified atom stereocenters. The molecule has 0 saturated heterocycles. The van der Waals surface area contributed by atoms with Gasteiger partial charge in [-0.25, -0.2) is 0 Å². The van der Waals surface area contributed by atoms with Gasteiger partial charge in [0.05, 0.1) is 6.10 Å². The summed E-state index contributed by atoms with van der Waals surface area (Å²) < 4.78 is 2.41. The van der Waals surface area contributed by atoms with Gasteiger partial charge in [-0.1, -0.05) is 26.7 Å². The average molecular weight is 235 g/mol. The molecule has 17 heavy (non-hydrogen) atoms. The fraction of sp³-hybridized carbons (Fsp3) is 0.733. The summed E-state index contributed by atoms with van der Waals surface area (Å²) in [6.07, 6.45) is 7.59. The summed E-state index contributed by atoms with van der Waals surface area (Å²) in [4.78, 5) is 0. The first kappa shape index (κ1) is 12.7. The Bertz CT molecular complexity index is 365. The smallest absolute Gasteiger partial charge is 0.0807 e. The van der Waals surface area contributed by atoms with Crippen LogP contribution in [0.15, 0.2) is 12.3 Å². The van der Waals surface area contributed by atoms with Crippen LogP contribution in [0.4, 0.5) is 0 Å². The van der Waals surface area contributed by atoms with Crippen molar-refractivity contribution in [2.75, 3.05) is 0 Å². The lowest BCUT2D eigenvalue weighted by atomic mass is 9.92. The second-order valence-corrected chi connectivity index (χ2v) is 5.35. The van der Waals surface area contributed by atoms with Crippen molar-refractivity contribution in [2.24, 2.45) is 5.92 Å². The van der Waals surface area contributed by atoms with Crippen LogP contribution in [0.3, 0.4) is 0 Å². The van der Waals surface area contributed by atoms with Crippen LogP contribution in [-0.4, -0.2) is 9.67 Å². The molecule has 0 aromatic carbocycles. The minimum atomic E-state index is -0.228. The first-order chi connectivity index (χ1) is 8.19. The lowest BCUT2D eigenvalue weighted by Crippen LogP contribution is -2.19. The maximum Gasteiger partial charge on any atom is 0.0807 e. The van der Waals surface area contributed by atoms with Crippen molar-refractivity contribution < 1.29 is 5.11 Å². The normalized spacial score (nSPS) is 21.6. The molecule has 0 fully saturated rings. The lowest BCUT2D eigenvalue weighted by molar-refractivity contribution is 0.154. The van der Waals surface area contributed by atoms with E-state index in [-0.39, 0.29) is 6.10 Å². The zero-order chi connectivity index (χ0) is 12.4. The zero-order valence-electron chi connectivity index (χ0n) is 11.3. The van der Waals surface area contributed by atoms with Gasteiger partial charge >= 0.3 is 0 Å². The van der Waals surface area contributed by atoms with Crippen molar-refractivity contribution in [3.63, 3.8) is 0 Å². The van der Waals surface area contributed by atoms with Gasteiger partial charge in [-0.2, -0.15) is 0 Å². The number of aliphatic hydroxyl groups is 1. The standard InChI is InChI=1S/C15H25NO/c1-4-12(5-2)11(3)16-10-9-13-14(16)7-6-8-15(13)17/h9-12,15,17H,4-8H2,1-3H3. The van der Waals surface area contributed by atoms with Crippen molar-refractivity contribution in [3.05, 3.63) is 23.5 Å². The minimum absolute atomic E-state index is 0.228. The maximum absolute atomic E-state index is 10.00. The van der Waals surface area contributed by atoms with Crippen LogP contribution < -0.4 is 0 Å². The number of rotatable bonds is 4. The maximum atomic E-state index is 10.00. The molecule has 1 heterocycles. The van der Waals surface area contributed by atoms with Gasteiger partial charge in [-0.3, -0.25) is 0 Å². The Morgan fingerprint density at radius 2 is 2.12 bits per heavy atom. The highest BCUT2D eigenvalue weighted by molar-refractivity contribution is 5.28. The quantitative estimate of drug-likeness (QED) is 0.842. The number of aromatic nitrogens is 1. The Balaban J connectivity index is 2.27. The van der Waals surface area contributed by atoms with Gasteiger partial charge in [0.15, 0.2) is 0 Å². The van der Waals surface area contributed by atoms with Gasteiger partial charge < -0.3 is 9.67 Å². The van der Waals surface area contributed by atoms with Gasteiger partial charge in [0.2, 0.25) is 0 Å². The van der Waals surface area contributed by atoms with E-state index in [1.165, 1.54) is 24.1 Å². The fourth-order valence-corrected chi connectivity index (χ4v) is 3.27. The molecule has 1 N–H and O–H groups in total. The van der Waals surface area contributed by atoms with Gasteiger partial charge in [-0.15, -0.1) is 0 Å². The molecule has 1 aromatic rings. The van der Waals surface area contributed by atoms with Crippen LogP contribution in [-0.2, 0) is 6.42 Å². The molecule has 0 aliphatic heterocycles. The second-order valence-electron chi connectivity index (χ2n) is 5.35. The molecule has 2 rings (SSSR count). The largest absolute Gasteiger partial charge is 0.388 e. The number of fused-ring (bicyclic) bond motifs is 1. The number of aliphatic hydroxyl groups excluding tert-OH is 1. The molecule has 1 aliphatic carbocycles. The third kappa shape index (κ3) is 2.28. The molecule has 2 atom stereocenters. The Labute approximate surface area is 105 Å². The highest BCUT2D eigenvalue weighted by atomic mass is 16.3. The van der Waals surface area contributed by atoms with E-state index < -0.39 is 0 Å². The van der Waals surface area contributed by atoms with E-state index in [0.29, 0.717) is 6.04 Å².